The van der Waals surface area contributed by atoms with Crippen LogP contribution in [0.5, 0.6) is 5.75 Å². The van der Waals surface area contributed by atoms with Gasteiger partial charge in [-0.25, -0.2) is 9.48 Å². The van der Waals surface area contributed by atoms with Crippen LogP contribution in [0.3, 0.4) is 0 Å². The fraction of sp³-hybridized carbons (Fsp3) is 0.333. The fourth-order valence-electron chi connectivity index (χ4n) is 5.62. The molecule has 0 saturated carbocycles. The van der Waals surface area contributed by atoms with Crippen LogP contribution in [0.4, 0.5) is 0 Å². The van der Waals surface area contributed by atoms with Crippen LogP contribution >= 0.6 is 11.9 Å². The molecule has 0 radical (unpaired) electrons. The molecule has 1 heterocycles. The molecule has 5 aromatic rings. The van der Waals surface area contributed by atoms with Crippen LogP contribution in [-0.4, -0.2) is 21.5 Å². The lowest BCUT2D eigenvalue weighted by atomic mass is 9.87. The lowest BCUT2D eigenvalue weighted by Crippen LogP contribution is -2.25. The summed E-state index contributed by atoms with van der Waals surface area (Å²) in [5, 5.41) is 4.75. The summed E-state index contributed by atoms with van der Waals surface area (Å²) in [5.41, 5.74) is 8.50. The number of benzene rings is 4. The van der Waals surface area contributed by atoms with Gasteiger partial charge >= 0.3 is 5.69 Å². The van der Waals surface area contributed by atoms with Gasteiger partial charge in [0.2, 0.25) is 0 Å². The Labute approximate surface area is 278 Å². The van der Waals surface area contributed by atoms with Gasteiger partial charge < -0.3 is 4.74 Å². The summed E-state index contributed by atoms with van der Waals surface area (Å²) >= 11 is 1.71. The molecular weight excluding hydrogens is 589 g/mol. The molecule has 0 atom stereocenters. The Bertz CT molecular complexity index is 1750. The maximum Gasteiger partial charge on any atom is 0.346 e. The molecule has 1 N–H and O–H groups in total. The third-order valence-electron chi connectivity index (χ3n) is 8.35. The number of methoxy groups -OCH3 is 1. The van der Waals surface area contributed by atoms with Crippen molar-refractivity contribution in [1.82, 2.24) is 19.1 Å². The van der Waals surface area contributed by atoms with Gasteiger partial charge in [0, 0.05) is 30.8 Å². The van der Waals surface area contributed by atoms with Crippen LogP contribution in [-0.2, 0) is 43.6 Å². The van der Waals surface area contributed by atoms with Gasteiger partial charge in [-0.1, -0.05) is 118 Å². The van der Waals surface area contributed by atoms with Crippen molar-refractivity contribution in [2.45, 2.75) is 77.8 Å². The van der Waals surface area contributed by atoms with Crippen LogP contribution < -0.4 is 15.1 Å². The van der Waals surface area contributed by atoms with E-state index in [2.05, 4.69) is 116 Å². The average molecular weight is 635 g/mol. The lowest BCUT2D eigenvalue weighted by Gasteiger charge is -2.19. The predicted molar refractivity (Wildman–Crippen MR) is 191 cm³/mol. The van der Waals surface area contributed by atoms with Crippen LogP contribution in [0.15, 0.2) is 102 Å². The Kier molecular flexibility index (Phi) is 11.2. The molecule has 0 amide bonds. The highest BCUT2D eigenvalue weighted by atomic mass is 32.2. The summed E-state index contributed by atoms with van der Waals surface area (Å²) < 4.78 is 12.6. The van der Waals surface area contributed by atoms with E-state index < -0.39 is 0 Å². The molecule has 5 rings (SSSR count). The van der Waals surface area contributed by atoms with Gasteiger partial charge in [0.1, 0.15) is 11.6 Å². The van der Waals surface area contributed by atoms with E-state index in [0.717, 1.165) is 47.7 Å². The maximum atomic E-state index is 13.1. The number of hydrogen-bond acceptors (Lipinski definition) is 5. The average Bonchev–Trinajstić information content (AvgIpc) is 3.36. The first-order chi connectivity index (χ1) is 22.2. The molecule has 6 nitrogen and oxygen atoms in total. The summed E-state index contributed by atoms with van der Waals surface area (Å²) in [6, 6.07) is 34.2. The number of nitrogens with one attached hydrogen (secondary N) is 1. The van der Waals surface area contributed by atoms with E-state index in [0.29, 0.717) is 19.6 Å². The zero-order valence-corrected chi connectivity index (χ0v) is 28.6. The third-order valence-corrected chi connectivity index (χ3v) is 9.17. The van der Waals surface area contributed by atoms with Gasteiger partial charge in [-0.3, -0.25) is 9.29 Å². The van der Waals surface area contributed by atoms with Crippen molar-refractivity contribution in [3.8, 4) is 16.9 Å². The topological polar surface area (TPSA) is 61.1 Å². The van der Waals surface area contributed by atoms with E-state index in [1.165, 1.54) is 27.8 Å². The smallest absolute Gasteiger partial charge is 0.346 e. The van der Waals surface area contributed by atoms with Crippen molar-refractivity contribution in [2.24, 2.45) is 0 Å². The molecule has 0 unspecified atom stereocenters. The highest BCUT2D eigenvalue weighted by Gasteiger charge is 2.15. The van der Waals surface area contributed by atoms with Gasteiger partial charge in [-0.15, -0.1) is 0 Å². The van der Waals surface area contributed by atoms with Gasteiger partial charge in [0.25, 0.3) is 0 Å². The normalized spacial score (nSPS) is 11.6. The second-order valence-electron chi connectivity index (χ2n) is 12.7. The van der Waals surface area contributed by atoms with E-state index >= 15 is 0 Å². The minimum atomic E-state index is -0.0365. The first kappa shape index (κ1) is 33.3. The van der Waals surface area contributed by atoms with Gasteiger partial charge in [0.15, 0.2) is 0 Å². The summed E-state index contributed by atoms with van der Waals surface area (Å²) in [6.45, 7) is 10.5. The molecule has 0 aliphatic carbocycles. The van der Waals surface area contributed by atoms with Crippen molar-refractivity contribution in [2.75, 3.05) is 7.11 Å². The summed E-state index contributed by atoms with van der Waals surface area (Å²) in [4.78, 5) is 13.1. The number of nitrogens with zero attached hydrogens (tertiary/aromatic N) is 3. The molecule has 240 valence electrons. The van der Waals surface area contributed by atoms with Crippen LogP contribution in [0.1, 0.15) is 67.8 Å². The van der Waals surface area contributed by atoms with E-state index in [-0.39, 0.29) is 11.1 Å². The Balaban J connectivity index is 1.17. The number of hydrogen-bond donors (Lipinski definition) is 1. The van der Waals surface area contributed by atoms with Crippen LogP contribution in [0, 0.1) is 0 Å². The van der Waals surface area contributed by atoms with Crippen LogP contribution in [0.25, 0.3) is 11.1 Å². The first-order valence-corrected chi connectivity index (χ1v) is 17.1. The molecule has 4 aromatic carbocycles. The first-order valence-electron chi connectivity index (χ1n) is 16.2. The van der Waals surface area contributed by atoms with Crippen molar-refractivity contribution in [3.63, 3.8) is 0 Å². The third kappa shape index (κ3) is 8.59. The van der Waals surface area contributed by atoms with Crippen molar-refractivity contribution in [3.05, 3.63) is 141 Å². The SMILES string of the molecule is CCn1c(CCCc2ccc(-c3ccc(OC)c(CNSCc4ccccc4)c3)cc2)nn(Cc2ccc(C(C)(C)C)cc2)c1=O. The second-order valence-corrected chi connectivity index (χ2v) is 13.6. The molecule has 0 saturated heterocycles. The van der Waals surface area contributed by atoms with E-state index in [9.17, 15) is 4.79 Å². The van der Waals surface area contributed by atoms with Crippen molar-refractivity contribution < 1.29 is 4.74 Å². The van der Waals surface area contributed by atoms with E-state index in [4.69, 9.17) is 9.84 Å². The fourth-order valence-corrected chi connectivity index (χ4v) is 6.34. The highest BCUT2D eigenvalue weighted by Crippen LogP contribution is 2.28. The Morgan fingerprint density at radius 2 is 1.52 bits per heavy atom. The standard InChI is InChI=1S/C39H46N4O2S/c1-6-42-37(41-43(38(42)44)27-30-17-22-35(23-18-30)39(2,3)4)14-10-13-29-15-19-32(20-16-29)33-21-24-36(45-5)34(25-33)26-40-46-28-31-11-8-7-9-12-31/h7-9,11-12,15-25,40H,6,10,13-14,26-28H2,1-5H3. The molecule has 0 fully saturated rings. The summed E-state index contributed by atoms with van der Waals surface area (Å²) in [7, 11) is 1.72. The highest BCUT2D eigenvalue weighted by molar-refractivity contribution is 7.96. The zero-order valence-electron chi connectivity index (χ0n) is 27.8. The van der Waals surface area contributed by atoms with Gasteiger partial charge in [-0.05, 0) is 70.7 Å². The van der Waals surface area contributed by atoms with E-state index in [1.54, 1.807) is 23.7 Å². The monoisotopic (exact) mass is 634 g/mol. The molecular formula is C39H46N4O2S. The van der Waals surface area contributed by atoms with Crippen molar-refractivity contribution >= 4 is 11.9 Å². The molecule has 0 aliphatic rings. The predicted octanol–water partition coefficient (Wildman–Crippen LogP) is 8.20. The molecule has 0 bridgehead atoms. The summed E-state index contributed by atoms with van der Waals surface area (Å²) in [6.07, 6.45) is 2.61. The number of rotatable bonds is 14. The Morgan fingerprint density at radius 1 is 0.826 bits per heavy atom. The minimum absolute atomic E-state index is 0.0365. The molecule has 0 spiro atoms. The number of aromatic nitrogens is 3. The Morgan fingerprint density at radius 3 is 2.20 bits per heavy atom. The number of ether oxygens (including phenoxy) is 1. The largest absolute Gasteiger partial charge is 0.496 e. The maximum absolute atomic E-state index is 13.1. The summed E-state index contributed by atoms with van der Waals surface area (Å²) in [5.74, 6) is 2.66. The molecule has 7 heteroatoms. The van der Waals surface area contributed by atoms with Crippen molar-refractivity contribution in [1.29, 1.82) is 0 Å². The minimum Gasteiger partial charge on any atom is -0.496 e. The van der Waals surface area contributed by atoms with Crippen LogP contribution in [0.2, 0.25) is 0 Å². The molecule has 1 aromatic heterocycles. The quantitative estimate of drug-likeness (QED) is 0.0986. The molecule has 0 aliphatic heterocycles. The lowest BCUT2D eigenvalue weighted by molar-refractivity contribution is 0.409. The van der Waals surface area contributed by atoms with Gasteiger partial charge in [-0.2, -0.15) is 5.10 Å². The second kappa shape index (κ2) is 15.5. The molecule has 46 heavy (non-hydrogen) atoms. The zero-order chi connectivity index (χ0) is 32.5. The van der Waals surface area contributed by atoms with Gasteiger partial charge in [0.05, 0.1) is 13.7 Å². The number of aryl methyl sites for hydroxylation is 2. The Hall–Kier alpha value is -4.07. The van der Waals surface area contributed by atoms with E-state index in [1.807, 2.05) is 17.6 Å².